The number of aromatic nitrogens is 1. The second-order valence-electron chi connectivity index (χ2n) is 4.33. The van der Waals surface area contributed by atoms with Crippen molar-refractivity contribution >= 4 is 23.1 Å². The molecule has 0 saturated heterocycles. The van der Waals surface area contributed by atoms with Gasteiger partial charge in [-0.15, -0.1) is 11.3 Å². The van der Waals surface area contributed by atoms with Crippen LogP contribution in [-0.2, 0) is 0 Å². The Hall–Kier alpha value is -1.92. The molecule has 0 atom stereocenters. The van der Waals surface area contributed by atoms with Crippen molar-refractivity contribution in [2.75, 3.05) is 18.5 Å². The predicted molar refractivity (Wildman–Crippen MR) is 81.0 cm³/mol. The fourth-order valence-corrected chi connectivity index (χ4v) is 2.44. The van der Waals surface area contributed by atoms with E-state index in [9.17, 15) is 4.79 Å². The second-order valence-corrected chi connectivity index (χ2v) is 5.19. The lowest BCUT2D eigenvalue weighted by molar-refractivity contribution is 0.249. The maximum atomic E-state index is 11.5. The van der Waals surface area contributed by atoms with E-state index >= 15 is 0 Å². The number of aliphatic hydroxyl groups excluding tert-OH is 1. The summed E-state index contributed by atoms with van der Waals surface area (Å²) in [6.07, 6.45) is 0.551. The molecule has 1 heterocycles. The quantitative estimate of drug-likeness (QED) is 0.741. The van der Waals surface area contributed by atoms with Crippen LogP contribution in [0.4, 0.5) is 10.5 Å². The first-order valence-corrected chi connectivity index (χ1v) is 7.25. The van der Waals surface area contributed by atoms with E-state index in [1.807, 2.05) is 36.6 Å². The van der Waals surface area contributed by atoms with Gasteiger partial charge in [0.05, 0.1) is 0 Å². The number of rotatable bonds is 5. The molecule has 0 spiro atoms. The van der Waals surface area contributed by atoms with Crippen LogP contribution in [0.3, 0.4) is 0 Å². The molecule has 0 bridgehead atoms. The maximum absolute atomic E-state index is 11.5. The van der Waals surface area contributed by atoms with Gasteiger partial charge in [-0.1, -0.05) is 0 Å². The molecule has 1 aromatic heterocycles. The van der Waals surface area contributed by atoms with E-state index in [1.165, 1.54) is 0 Å². The fourth-order valence-electron chi connectivity index (χ4n) is 1.64. The van der Waals surface area contributed by atoms with Crippen LogP contribution in [0.25, 0.3) is 10.6 Å². The van der Waals surface area contributed by atoms with Gasteiger partial charge in [-0.05, 0) is 37.6 Å². The average Bonchev–Trinajstić information content (AvgIpc) is 2.86. The number of urea groups is 1. The number of carbonyl (C=O) groups excluding carboxylic acids is 1. The molecule has 0 aliphatic heterocycles. The molecule has 20 heavy (non-hydrogen) atoms. The normalized spacial score (nSPS) is 10.3. The zero-order valence-corrected chi connectivity index (χ0v) is 12.0. The average molecular weight is 291 g/mol. The van der Waals surface area contributed by atoms with Crippen LogP contribution < -0.4 is 10.6 Å². The minimum Gasteiger partial charge on any atom is -0.396 e. The minimum absolute atomic E-state index is 0.0716. The minimum atomic E-state index is -0.267. The monoisotopic (exact) mass is 291 g/mol. The molecule has 2 rings (SSSR count). The van der Waals surface area contributed by atoms with Crippen LogP contribution in [0.1, 0.15) is 12.1 Å². The van der Waals surface area contributed by atoms with E-state index in [-0.39, 0.29) is 12.6 Å². The van der Waals surface area contributed by atoms with Gasteiger partial charge in [0.25, 0.3) is 0 Å². The summed E-state index contributed by atoms with van der Waals surface area (Å²) in [4.78, 5) is 15.9. The van der Waals surface area contributed by atoms with Gasteiger partial charge in [0.15, 0.2) is 0 Å². The van der Waals surface area contributed by atoms with Crippen molar-refractivity contribution in [3.05, 3.63) is 35.3 Å². The highest BCUT2D eigenvalue weighted by atomic mass is 32.1. The summed E-state index contributed by atoms with van der Waals surface area (Å²) in [6, 6.07) is 7.29. The largest absolute Gasteiger partial charge is 0.396 e. The molecule has 0 aliphatic carbocycles. The van der Waals surface area contributed by atoms with Crippen molar-refractivity contribution in [2.45, 2.75) is 13.3 Å². The molecule has 0 unspecified atom stereocenters. The van der Waals surface area contributed by atoms with Crippen molar-refractivity contribution in [3.8, 4) is 10.6 Å². The van der Waals surface area contributed by atoms with Crippen LogP contribution >= 0.6 is 11.3 Å². The maximum Gasteiger partial charge on any atom is 0.319 e. The molecule has 0 radical (unpaired) electrons. The van der Waals surface area contributed by atoms with Crippen molar-refractivity contribution in [1.29, 1.82) is 0 Å². The number of nitrogens with zero attached hydrogens (tertiary/aromatic N) is 1. The van der Waals surface area contributed by atoms with Crippen molar-refractivity contribution < 1.29 is 9.90 Å². The highest BCUT2D eigenvalue weighted by Gasteiger charge is 2.04. The lowest BCUT2D eigenvalue weighted by atomic mass is 10.2. The second kappa shape index (κ2) is 7.02. The number of benzene rings is 1. The molecule has 2 amide bonds. The first-order chi connectivity index (χ1) is 9.69. The van der Waals surface area contributed by atoms with Gasteiger partial charge >= 0.3 is 6.03 Å². The van der Waals surface area contributed by atoms with Crippen LogP contribution in [0, 0.1) is 6.92 Å². The zero-order valence-electron chi connectivity index (χ0n) is 11.2. The molecule has 0 fully saturated rings. The van der Waals surface area contributed by atoms with E-state index in [0.29, 0.717) is 13.0 Å². The van der Waals surface area contributed by atoms with Gasteiger partial charge in [0.2, 0.25) is 0 Å². The molecular formula is C14H17N3O2S. The third kappa shape index (κ3) is 4.04. The Bertz CT molecular complexity index is 566. The molecular weight excluding hydrogens is 274 g/mol. The number of thiazole rings is 1. The van der Waals surface area contributed by atoms with Gasteiger partial charge in [-0.3, -0.25) is 0 Å². The zero-order chi connectivity index (χ0) is 14.4. The third-order valence-corrected chi connectivity index (χ3v) is 3.64. The van der Waals surface area contributed by atoms with Crippen LogP contribution in [0.2, 0.25) is 0 Å². The summed E-state index contributed by atoms with van der Waals surface area (Å²) in [6.45, 7) is 2.49. The number of aryl methyl sites for hydroxylation is 1. The molecule has 106 valence electrons. The SMILES string of the molecule is Cc1csc(-c2ccc(NC(=O)NCCCO)cc2)n1. The van der Waals surface area contributed by atoms with Gasteiger partial charge < -0.3 is 15.7 Å². The van der Waals surface area contributed by atoms with Crippen molar-refractivity contribution in [3.63, 3.8) is 0 Å². The van der Waals surface area contributed by atoms with Crippen LogP contribution in [-0.4, -0.2) is 29.3 Å². The Labute approximate surface area is 121 Å². The molecule has 6 heteroatoms. The van der Waals surface area contributed by atoms with E-state index in [1.54, 1.807) is 11.3 Å². The summed E-state index contributed by atoms with van der Waals surface area (Å²) in [7, 11) is 0. The number of anilines is 1. The van der Waals surface area contributed by atoms with Crippen molar-refractivity contribution in [2.24, 2.45) is 0 Å². The number of aliphatic hydroxyl groups is 1. The Balaban J connectivity index is 1.93. The first-order valence-electron chi connectivity index (χ1n) is 6.37. The Morgan fingerprint density at radius 3 is 2.70 bits per heavy atom. The third-order valence-electron chi connectivity index (χ3n) is 2.63. The van der Waals surface area contributed by atoms with Gasteiger partial charge in [-0.25, -0.2) is 9.78 Å². The summed E-state index contributed by atoms with van der Waals surface area (Å²) in [5.41, 5.74) is 2.77. The number of nitrogens with one attached hydrogen (secondary N) is 2. The van der Waals surface area contributed by atoms with E-state index in [4.69, 9.17) is 5.11 Å². The fraction of sp³-hybridized carbons (Fsp3) is 0.286. The van der Waals surface area contributed by atoms with E-state index < -0.39 is 0 Å². The Morgan fingerprint density at radius 1 is 1.35 bits per heavy atom. The van der Waals surface area contributed by atoms with Gasteiger partial charge in [0.1, 0.15) is 5.01 Å². The number of carbonyl (C=O) groups is 1. The van der Waals surface area contributed by atoms with Gasteiger partial charge in [-0.2, -0.15) is 0 Å². The van der Waals surface area contributed by atoms with Crippen molar-refractivity contribution in [1.82, 2.24) is 10.3 Å². The molecule has 3 N–H and O–H groups in total. The van der Waals surface area contributed by atoms with Crippen LogP contribution in [0.15, 0.2) is 29.6 Å². The molecule has 5 nitrogen and oxygen atoms in total. The Kier molecular flexibility index (Phi) is 5.09. The topological polar surface area (TPSA) is 74.2 Å². The first kappa shape index (κ1) is 14.5. The Morgan fingerprint density at radius 2 is 2.10 bits per heavy atom. The molecule has 0 aliphatic rings. The number of hydrogen-bond acceptors (Lipinski definition) is 4. The van der Waals surface area contributed by atoms with Crippen LogP contribution in [0.5, 0.6) is 0 Å². The lowest BCUT2D eigenvalue weighted by Crippen LogP contribution is -2.29. The number of hydrogen-bond donors (Lipinski definition) is 3. The summed E-state index contributed by atoms with van der Waals surface area (Å²) >= 11 is 1.60. The molecule has 0 saturated carbocycles. The lowest BCUT2D eigenvalue weighted by Gasteiger charge is -2.07. The number of amides is 2. The van der Waals surface area contributed by atoms with E-state index in [2.05, 4.69) is 15.6 Å². The molecule has 1 aromatic carbocycles. The highest BCUT2D eigenvalue weighted by molar-refractivity contribution is 7.13. The smallest absolute Gasteiger partial charge is 0.319 e. The van der Waals surface area contributed by atoms with E-state index in [0.717, 1.165) is 22.0 Å². The summed E-state index contributed by atoms with van der Waals surface area (Å²) in [5.74, 6) is 0. The summed E-state index contributed by atoms with van der Waals surface area (Å²) in [5, 5.41) is 17.0. The summed E-state index contributed by atoms with van der Waals surface area (Å²) < 4.78 is 0. The predicted octanol–water partition coefficient (Wildman–Crippen LogP) is 2.62. The van der Waals surface area contributed by atoms with Gasteiger partial charge in [0, 0.05) is 35.5 Å². The molecule has 2 aromatic rings. The standard InChI is InChI=1S/C14H17N3O2S/c1-10-9-20-13(16-10)11-3-5-12(6-4-11)17-14(19)15-7-2-8-18/h3-6,9,18H,2,7-8H2,1H3,(H2,15,17,19). The highest BCUT2D eigenvalue weighted by Crippen LogP contribution is 2.24.